The largest absolute Gasteiger partial charge is 0.491 e. The standard InChI is InChI=1S/C15H14N4O3S.C7H15N/c1-8-16-6-11-13(17-8)9(7-23-11)14(20)18-12-5-4-10(21-2)15(19-12)22-3;1-6-4-2-3-5-7(6)8/h4-7H,1-3H3,(H,18,19,20);6-7H,2-5,8H2,1H3/t;6-,7?/m.0/s1. The van der Waals surface area contributed by atoms with Crippen LogP contribution in [-0.4, -0.2) is 41.1 Å². The predicted molar refractivity (Wildman–Crippen MR) is 123 cm³/mol. The quantitative estimate of drug-likeness (QED) is 0.622. The van der Waals surface area contributed by atoms with E-state index in [9.17, 15) is 4.79 Å². The zero-order chi connectivity index (χ0) is 22.4. The van der Waals surface area contributed by atoms with E-state index in [-0.39, 0.29) is 5.91 Å². The first-order valence-electron chi connectivity index (χ1n) is 10.3. The Morgan fingerprint density at radius 2 is 1.97 bits per heavy atom. The van der Waals surface area contributed by atoms with Gasteiger partial charge in [0.1, 0.15) is 11.6 Å². The minimum atomic E-state index is -0.283. The van der Waals surface area contributed by atoms with Crippen molar-refractivity contribution in [3.05, 3.63) is 35.1 Å². The average Bonchev–Trinajstić information content (AvgIpc) is 3.19. The first-order chi connectivity index (χ1) is 14.9. The van der Waals surface area contributed by atoms with E-state index in [2.05, 4.69) is 27.2 Å². The van der Waals surface area contributed by atoms with Gasteiger partial charge in [0.25, 0.3) is 11.8 Å². The monoisotopic (exact) mass is 443 g/mol. The lowest BCUT2D eigenvalue weighted by atomic mass is 9.87. The van der Waals surface area contributed by atoms with E-state index < -0.39 is 0 Å². The number of thiophene rings is 1. The van der Waals surface area contributed by atoms with Crippen molar-refractivity contribution in [2.75, 3.05) is 19.5 Å². The van der Waals surface area contributed by atoms with Gasteiger partial charge < -0.3 is 20.5 Å². The summed E-state index contributed by atoms with van der Waals surface area (Å²) < 4.78 is 11.1. The molecule has 9 heteroatoms. The summed E-state index contributed by atoms with van der Waals surface area (Å²) in [5.41, 5.74) is 6.91. The molecule has 1 aliphatic carbocycles. The molecule has 31 heavy (non-hydrogen) atoms. The van der Waals surface area contributed by atoms with Crippen molar-refractivity contribution in [1.29, 1.82) is 0 Å². The second-order valence-electron chi connectivity index (χ2n) is 7.57. The van der Waals surface area contributed by atoms with Gasteiger partial charge in [0.2, 0.25) is 0 Å². The Labute approximate surface area is 186 Å². The molecule has 166 valence electrons. The number of hydrogen-bond acceptors (Lipinski definition) is 8. The second-order valence-corrected chi connectivity index (χ2v) is 8.48. The van der Waals surface area contributed by atoms with E-state index in [1.807, 2.05) is 0 Å². The molecule has 1 fully saturated rings. The summed E-state index contributed by atoms with van der Waals surface area (Å²) >= 11 is 1.42. The number of carbonyl (C=O) groups is 1. The van der Waals surface area contributed by atoms with Crippen LogP contribution < -0.4 is 20.5 Å². The number of nitrogens with zero attached hydrogens (tertiary/aromatic N) is 3. The normalized spacial score (nSPS) is 18.1. The fourth-order valence-corrected chi connectivity index (χ4v) is 4.25. The Bertz CT molecular complexity index is 1030. The molecule has 4 rings (SSSR count). The molecule has 0 bridgehead atoms. The van der Waals surface area contributed by atoms with Crippen LogP contribution in [0.15, 0.2) is 23.7 Å². The number of pyridine rings is 1. The summed E-state index contributed by atoms with van der Waals surface area (Å²) in [6.07, 6.45) is 7.07. The van der Waals surface area contributed by atoms with Gasteiger partial charge in [-0.1, -0.05) is 19.8 Å². The third-order valence-electron chi connectivity index (χ3n) is 5.34. The highest BCUT2D eigenvalue weighted by Crippen LogP contribution is 2.27. The molecule has 3 N–H and O–H groups in total. The van der Waals surface area contributed by atoms with Crippen LogP contribution in [0.5, 0.6) is 11.6 Å². The van der Waals surface area contributed by atoms with Crippen molar-refractivity contribution in [2.24, 2.45) is 11.7 Å². The zero-order valence-electron chi connectivity index (χ0n) is 18.3. The van der Waals surface area contributed by atoms with Crippen molar-refractivity contribution in [2.45, 2.75) is 45.6 Å². The van der Waals surface area contributed by atoms with Crippen LogP contribution in [0.2, 0.25) is 0 Å². The molecule has 0 radical (unpaired) electrons. The van der Waals surface area contributed by atoms with Crippen LogP contribution in [0.3, 0.4) is 0 Å². The number of aromatic nitrogens is 3. The van der Waals surface area contributed by atoms with Gasteiger partial charge in [-0.25, -0.2) is 9.97 Å². The molecule has 3 aromatic rings. The maximum atomic E-state index is 12.5. The number of nitrogens with one attached hydrogen (secondary N) is 1. The zero-order valence-corrected chi connectivity index (χ0v) is 19.2. The lowest BCUT2D eigenvalue weighted by molar-refractivity contribution is 0.102. The summed E-state index contributed by atoms with van der Waals surface area (Å²) in [6, 6.07) is 3.83. The second kappa shape index (κ2) is 10.5. The van der Waals surface area contributed by atoms with E-state index in [1.165, 1.54) is 51.2 Å². The van der Waals surface area contributed by atoms with Crippen LogP contribution in [0.25, 0.3) is 10.2 Å². The molecule has 3 heterocycles. The highest BCUT2D eigenvalue weighted by atomic mass is 32.1. The van der Waals surface area contributed by atoms with Crippen LogP contribution >= 0.6 is 11.3 Å². The topological polar surface area (TPSA) is 112 Å². The smallest absolute Gasteiger partial charge is 0.259 e. The number of hydrogen-bond donors (Lipinski definition) is 2. The first-order valence-corrected chi connectivity index (χ1v) is 11.2. The van der Waals surface area contributed by atoms with E-state index >= 15 is 0 Å². The van der Waals surface area contributed by atoms with Gasteiger partial charge in [-0.05, 0) is 37.8 Å². The number of carbonyl (C=O) groups excluding carboxylic acids is 1. The summed E-state index contributed by atoms with van der Waals surface area (Å²) in [5.74, 6) is 2.29. The van der Waals surface area contributed by atoms with Gasteiger partial charge in [0.15, 0.2) is 5.75 Å². The fourth-order valence-electron chi connectivity index (χ4n) is 3.40. The molecule has 0 spiro atoms. The average molecular weight is 444 g/mol. The van der Waals surface area contributed by atoms with Gasteiger partial charge in [-0.3, -0.25) is 4.79 Å². The lowest BCUT2D eigenvalue weighted by Gasteiger charge is -2.24. The minimum absolute atomic E-state index is 0.283. The number of anilines is 1. The number of ether oxygens (including phenoxy) is 2. The first kappa shape index (κ1) is 22.9. The summed E-state index contributed by atoms with van der Waals surface area (Å²) in [4.78, 5) is 25.1. The van der Waals surface area contributed by atoms with Crippen molar-refractivity contribution in [3.8, 4) is 11.6 Å². The molecule has 8 nitrogen and oxygen atoms in total. The number of nitrogens with two attached hydrogens (primary N) is 1. The molecule has 0 aliphatic heterocycles. The Kier molecular flexibility index (Phi) is 7.75. The van der Waals surface area contributed by atoms with Crippen LogP contribution in [0.1, 0.15) is 48.8 Å². The van der Waals surface area contributed by atoms with Crippen LogP contribution in [0.4, 0.5) is 5.82 Å². The van der Waals surface area contributed by atoms with Crippen LogP contribution in [0, 0.1) is 12.8 Å². The molecular weight excluding hydrogens is 414 g/mol. The Hall–Kier alpha value is -2.78. The third kappa shape index (κ3) is 5.68. The van der Waals surface area contributed by atoms with E-state index in [1.54, 1.807) is 30.6 Å². The minimum Gasteiger partial charge on any atom is -0.491 e. The maximum absolute atomic E-state index is 12.5. The van der Waals surface area contributed by atoms with E-state index in [0.717, 1.165) is 10.6 Å². The molecule has 2 atom stereocenters. The number of fused-ring (bicyclic) bond motifs is 1. The van der Waals surface area contributed by atoms with Gasteiger partial charge in [-0.2, -0.15) is 4.98 Å². The summed E-state index contributed by atoms with van der Waals surface area (Å²) in [7, 11) is 3.01. The van der Waals surface area contributed by atoms with Crippen molar-refractivity contribution >= 4 is 33.3 Å². The third-order valence-corrected chi connectivity index (χ3v) is 6.24. The van der Waals surface area contributed by atoms with E-state index in [4.69, 9.17) is 15.2 Å². The Balaban J connectivity index is 0.000000287. The molecular formula is C22H29N5O3S. The SMILES string of the molecule is COc1ccc(NC(=O)c2csc3cnc(C)nc23)nc1OC.C[C@H]1CCCCC1N. The van der Waals surface area contributed by atoms with Gasteiger partial charge in [0.05, 0.1) is 30.0 Å². The number of rotatable bonds is 4. The van der Waals surface area contributed by atoms with Crippen LogP contribution in [-0.2, 0) is 0 Å². The van der Waals surface area contributed by atoms with Gasteiger partial charge >= 0.3 is 0 Å². The van der Waals surface area contributed by atoms with Crippen molar-refractivity contribution in [1.82, 2.24) is 15.0 Å². The number of methoxy groups -OCH3 is 2. The molecule has 0 aromatic carbocycles. The highest BCUT2D eigenvalue weighted by molar-refractivity contribution is 7.17. The maximum Gasteiger partial charge on any atom is 0.259 e. The lowest BCUT2D eigenvalue weighted by Crippen LogP contribution is -2.30. The molecule has 1 saturated carbocycles. The van der Waals surface area contributed by atoms with Crippen molar-refractivity contribution in [3.63, 3.8) is 0 Å². The fraction of sp³-hybridized carbons (Fsp3) is 0.455. The van der Waals surface area contributed by atoms with Gasteiger partial charge in [0, 0.05) is 17.6 Å². The Morgan fingerprint density at radius 3 is 2.61 bits per heavy atom. The highest BCUT2D eigenvalue weighted by Gasteiger charge is 2.17. The molecule has 0 saturated heterocycles. The Morgan fingerprint density at radius 1 is 1.19 bits per heavy atom. The van der Waals surface area contributed by atoms with E-state index in [0.29, 0.717) is 40.4 Å². The molecule has 3 aromatic heterocycles. The molecule has 1 amide bonds. The molecule has 1 unspecified atom stereocenters. The van der Waals surface area contributed by atoms with Gasteiger partial charge in [-0.15, -0.1) is 11.3 Å². The predicted octanol–water partition coefficient (Wildman–Crippen LogP) is 4.19. The summed E-state index contributed by atoms with van der Waals surface area (Å²) in [6.45, 7) is 4.04. The number of amides is 1. The summed E-state index contributed by atoms with van der Waals surface area (Å²) in [5, 5.41) is 4.50. The molecule has 1 aliphatic rings. The van der Waals surface area contributed by atoms with Crippen molar-refractivity contribution < 1.29 is 14.3 Å². The number of aryl methyl sites for hydroxylation is 1.